The third kappa shape index (κ3) is 3.86. The normalized spacial score (nSPS) is 14.0. The van der Waals surface area contributed by atoms with Crippen LogP contribution in [0.4, 0.5) is 5.82 Å². The minimum atomic E-state index is -0.734. The van der Waals surface area contributed by atoms with Crippen LogP contribution < -0.4 is 10.5 Å². The van der Waals surface area contributed by atoms with Gasteiger partial charge in [0.15, 0.2) is 12.3 Å². The van der Waals surface area contributed by atoms with E-state index >= 15 is 0 Å². The molecule has 30 heavy (non-hydrogen) atoms. The smallest absolute Gasteiger partial charge is 0.359 e. The van der Waals surface area contributed by atoms with Gasteiger partial charge in [-0.3, -0.25) is 9.59 Å². The molecule has 1 aromatic carbocycles. The van der Waals surface area contributed by atoms with E-state index in [0.717, 1.165) is 10.5 Å². The van der Waals surface area contributed by atoms with Crippen molar-refractivity contribution in [2.45, 2.75) is 0 Å². The van der Waals surface area contributed by atoms with Crippen molar-refractivity contribution in [3.8, 4) is 0 Å². The minimum Gasteiger partial charge on any atom is -0.451 e. The van der Waals surface area contributed by atoms with E-state index in [0.29, 0.717) is 37.0 Å². The first-order valence-electron chi connectivity index (χ1n) is 9.61. The van der Waals surface area contributed by atoms with Crippen LogP contribution in [0.3, 0.4) is 0 Å². The van der Waals surface area contributed by atoms with E-state index < -0.39 is 5.97 Å². The molecule has 2 aromatic heterocycles. The number of piperazine rings is 1. The Kier molecular flexibility index (Phi) is 5.42. The summed E-state index contributed by atoms with van der Waals surface area (Å²) in [4.78, 5) is 45.3. The number of pyridine rings is 1. The number of aryl methyl sites for hydroxylation is 1. The molecule has 0 saturated carbocycles. The summed E-state index contributed by atoms with van der Waals surface area (Å²) in [5.41, 5.74) is -0.288. The maximum Gasteiger partial charge on any atom is 0.359 e. The Hall–Kier alpha value is -3.75. The molecule has 0 aliphatic carbocycles. The molecule has 0 bridgehead atoms. The fourth-order valence-corrected chi connectivity index (χ4v) is 3.46. The third-order valence-electron chi connectivity index (χ3n) is 5.08. The summed E-state index contributed by atoms with van der Waals surface area (Å²) < 4.78 is 6.32. The van der Waals surface area contributed by atoms with Gasteiger partial charge in [0, 0.05) is 44.8 Å². The van der Waals surface area contributed by atoms with Crippen molar-refractivity contribution < 1.29 is 14.3 Å². The summed E-state index contributed by atoms with van der Waals surface area (Å²) in [6, 6.07) is 12.4. The second-order valence-electron chi connectivity index (χ2n) is 6.95. The van der Waals surface area contributed by atoms with Crippen molar-refractivity contribution in [3.63, 3.8) is 0 Å². The van der Waals surface area contributed by atoms with E-state index in [1.165, 1.54) is 7.05 Å². The number of amides is 1. The van der Waals surface area contributed by atoms with Gasteiger partial charge >= 0.3 is 5.97 Å². The average molecular weight is 407 g/mol. The molecule has 4 rings (SSSR count). The van der Waals surface area contributed by atoms with E-state index in [1.54, 1.807) is 35.4 Å². The van der Waals surface area contributed by atoms with Gasteiger partial charge in [0.2, 0.25) is 0 Å². The monoisotopic (exact) mass is 407 g/mol. The lowest BCUT2D eigenvalue weighted by Gasteiger charge is -2.35. The van der Waals surface area contributed by atoms with Crippen molar-refractivity contribution in [2.75, 3.05) is 37.7 Å². The summed E-state index contributed by atoms with van der Waals surface area (Å²) in [5, 5.41) is 4.80. The summed E-state index contributed by atoms with van der Waals surface area (Å²) >= 11 is 0. The largest absolute Gasteiger partial charge is 0.451 e. The Bertz CT molecular complexity index is 1140. The van der Waals surface area contributed by atoms with Gasteiger partial charge < -0.3 is 14.5 Å². The topological polar surface area (TPSA) is 97.6 Å². The first-order chi connectivity index (χ1) is 14.5. The minimum absolute atomic E-state index is 0.0143. The third-order valence-corrected chi connectivity index (χ3v) is 5.08. The van der Waals surface area contributed by atoms with Crippen LogP contribution in [0.25, 0.3) is 10.8 Å². The van der Waals surface area contributed by atoms with Crippen molar-refractivity contribution in [1.82, 2.24) is 19.7 Å². The van der Waals surface area contributed by atoms with E-state index in [4.69, 9.17) is 4.74 Å². The van der Waals surface area contributed by atoms with Gasteiger partial charge in [0.25, 0.3) is 11.5 Å². The quantitative estimate of drug-likeness (QED) is 0.591. The molecule has 9 nitrogen and oxygen atoms in total. The van der Waals surface area contributed by atoms with Crippen LogP contribution in [-0.4, -0.2) is 64.3 Å². The zero-order chi connectivity index (χ0) is 21.1. The summed E-state index contributed by atoms with van der Waals surface area (Å²) in [5.74, 6) is -0.121. The average Bonchev–Trinajstić information content (AvgIpc) is 2.80. The predicted molar refractivity (Wildman–Crippen MR) is 110 cm³/mol. The zero-order valence-corrected chi connectivity index (χ0v) is 16.5. The number of fused-ring (bicyclic) bond motifs is 1. The fraction of sp³-hybridized carbons (Fsp3) is 0.286. The van der Waals surface area contributed by atoms with Crippen LogP contribution in [-0.2, 0) is 16.6 Å². The number of aromatic nitrogens is 3. The van der Waals surface area contributed by atoms with Crippen molar-refractivity contribution in [1.29, 1.82) is 0 Å². The number of ether oxygens (including phenoxy) is 1. The molecule has 1 aliphatic heterocycles. The SMILES string of the molecule is Cn1nc(C(=O)OCC(=O)N2CCN(c3ccccn3)CC2)c2ccccc2c1=O. The Morgan fingerprint density at radius 2 is 1.70 bits per heavy atom. The summed E-state index contributed by atoms with van der Waals surface area (Å²) in [6.07, 6.45) is 1.74. The molecule has 0 atom stereocenters. The highest BCUT2D eigenvalue weighted by atomic mass is 16.5. The summed E-state index contributed by atoms with van der Waals surface area (Å²) in [6.45, 7) is 1.98. The first-order valence-corrected chi connectivity index (χ1v) is 9.61. The van der Waals surface area contributed by atoms with Crippen LogP contribution in [0.15, 0.2) is 53.5 Å². The van der Waals surface area contributed by atoms with Crippen LogP contribution >= 0.6 is 0 Å². The molecular formula is C21H21N5O4. The molecular weight excluding hydrogens is 386 g/mol. The maximum atomic E-state index is 12.6. The van der Waals surface area contributed by atoms with Crippen molar-refractivity contribution in [3.05, 3.63) is 64.7 Å². The van der Waals surface area contributed by atoms with Gasteiger partial charge in [-0.2, -0.15) is 5.10 Å². The van der Waals surface area contributed by atoms with Crippen LogP contribution in [0.5, 0.6) is 0 Å². The van der Waals surface area contributed by atoms with E-state index in [-0.39, 0.29) is 23.8 Å². The Labute approximate surface area is 172 Å². The molecule has 0 spiro atoms. The van der Waals surface area contributed by atoms with Gasteiger partial charge in [-0.15, -0.1) is 0 Å². The number of rotatable bonds is 4. The second-order valence-corrected chi connectivity index (χ2v) is 6.95. The Morgan fingerprint density at radius 3 is 2.40 bits per heavy atom. The number of carbonyl (C=O) groups is 2. The molecule has 1 amide bonds. The zero-order valence-electron chi connectivity index (χ0n) is 16.5. The number of hydrogen-bond donors (Lipinski definition) is 0. The Morgan fingerprint density at radius 1 is 1.00 bits per heavy atom. The summed E-state index contributed by atoms with van der Waals surface area (Å²) in [7, 11) is 1.47. The Balaban J connectivity index is 1.38. The van der Waals surface area contributed by atoms with Gasteiger partial charge in [-0.1, -0.05) is 24.3 Å². The van der Waals surface area contributed by atoms with E-state index in [2.05, 4.69) is 15.0 Å². The van der Waals surface area contributed by atoms with E-state index in [9.17, 15) is 14.4 Å². The lowest BCUT2D eigenvalue weighted by molar-refractivity contribution is -0.134. The number of carbonyl (C=O) groups excluding carboxylic acids is 2. The number of hydrogen-bond acceptors (Lipinski definition) is 7. The van der Waals surface area contributed by atoms with Gasteiger partial charge in [0.05, 0.1) is 5.39 Å². The molecule has 1 saturated heterocycles. The number of anilines is 1. The molecule has 0 N–H and O–H groups in total. The second kappa shape index (κ2) is 8.32. The molecule has 154 valence electrons. The highest BCUT2D eigenvalue weighted by Crippen LogP contribution is 2.15. The number of benzene rings is 1. The molecule has 3 heterocycles. The van der Waals surface area contributed by atoms with Gasteiger partial charge in [-0.25, -0.2) is 14.5 Å². The molecule has 1 fully saturated rings. The van der Waals surface area contributed by atoms with Crippen LogP contribution in [0.1, 0.15) is 10.5 Å². The van der Waals surface area contributed by atoms with Gasteiger partial charge in [-0.05, 0) is 18.2 Å². The highest BCUT2D eigenvalue weighted by Gasteiger charge is 2.24. The maximum absolute atomic E-state index is 12.6. The molecule has 1 aliphatic rings. The van der Waals surface area contributed by atoms with E-state index in [1.807, 2.05) is 18.2 Å². The molecule has 0 unspecified atom stereocenters. The molecule has 0 radical (unpaired) electrons. The molecule has 9 heteroatoms. The van der Waals surface area contributed by atoms with Crippen LogP contribution in [0, 0.1) is 0 Å². The molecule has 3 aromatic rings. The van der Waals surface area contributed by atoms with Crippen LogP contribution in [0.2, 0.25) is 0 Å². The number of nitrogens with zero attached hydrogens (tertiary/aromatic N) is 5. The standard InChI is InChI=1S/C21H21N5O4/c1-24-20(28)16-7-3-2-6-15(16)19(23-24)21(29)30-14-18(27)26-12-10-25(11-13-26)17-8-4-5-9-22-17/h2-9H,10-14H2,1H3. The fourth-order valence-electron chi connectivity index (χ4n) is 3.46. The van der Waals surface area contributed by atoms with Crippen molar-refractivity contribution in [2.24, 2.45) is 7.05 Å². The predicted octanol–water partition coefficient (Wildman–Crippen LogP) is 0.834. The van der Waals surface area contributed by atoms with Crippen molar-refractivity contribution >= 4 is 28.5 Å². The lowest BCUT2D eigenvalue weighted by atomic mass is 10.1. The lowest BCUT2D eigenvalue weighted by Crippen LogP contribution is -2.50. The number of esters is 1. The van der Waals surface area contributed by atoms with Gasteiger partial charge in [0.1, 0.15) is 5.82 Å². The first kappa shape index (κ1) is 19.6. The highest BCUT2D eigenvalue weighted by molar-refractivity contribution is 6.02.